The number of ether oxygens (including phenoxy) is 1. The fourth-order valence-corrected chi connectivity index (χ4v) is 2.45. The first-order valence-electron chi connectivity index (χ1n) is 6.83. The van der Waals surface area contributed by atoms with Crippen LogP contribution in [0.5, 0.6) is 0 Å². The van der Waals surface area contributed by atoms with Crippen molar-refractivity contribution >= 4 is 11.9 Å². The van der Waals surface area contributed by atoms with E-state index in [-0.39, 0.29) is 12.5 Å². The van der Waals surface area contributed by atoms with Crippen LogP contribution in [0.2, 0.25) is 0 Å². The number of carboxylic acid groups (broad SMARTS) is 1. The molecule has 6 nitrogen and oxygen atoms in total. The van der Waals surface area contributed by atoms with Gasteiger partial charge in [-0.2, -0.15) is 0 Å². The lowest BCUT2D eigenvalue weighted by Gasteiger charge is -2.32. The molecule has 0 aromatic heterocycles. The van der Waals surface area contributed by atoms with Crippen LogP contribution in [0.4, 0.5) is 0 Å². The number of esters is 1. The Bertz CT molecular complexity index is 296. The third-order valence-electron chi connectivity index (χ3n) is 3.40. The number of rotatable bonds is 8. The van der Waals surface area contributed by atoms with E-state index in [0.29, 0.717) is 12.3 Å². The average molecular weight is 272 g/mol. The van der Waals surface area contributed by atoms with Gasteiger partial charge in [-0.05, 0) is 44.8 Å². The molecule has 0 aromatic carbocycles. The van der Waals surface area contributed by atoms with E-state index in [1.54, 1.807) is 0 Å². The minimum absolute atomic E-state index is 0.0266. The van der Waals surface area contributed by atoms with E-state index in [9.17, 15) is 9.59 Å². The van der Waals surface area contributed by atoms with Crippen molar-refractivity contribution in [2.75, 3.05) is 39.8 Å². The van der Waals surface area contributed by atoms with Crippen molar-refractivity contribution in [2.24, 2.45) is 5.92 Å². The molecule has 1 aliphatic rings. The minimum atomic E-state index is -0.814. The molecule has 1 fully saturated rings. The molecule has 1 aliphatic heterocycles. The average Bonchev–Trinajstić information content (AvgIpc) is 2.38. The summed E-state index contributed by atoms with van der Waals surface area (Å²) in [5.74, 6) is -0.464. The number of hydrogen-bond acceptors (Lipinski definition) is 5. The summed E-state index contributed by atoms with van der Waals surface area (Å²) in [6, 6.07) is 0. The van der Waals surface area contributed by atoms with Gasteiger partial charge in [0.05, 0.1) is 13.7 Å². The monoisotopic (exact) mass is 272 g/mol. The van der Waals surface area contributed by atoms with Gasteiger partial charge in [0.15, 0.2) is 0 Å². The smallest absolute Gasteiger partial charge is 0.317 e. The van der Waals surface area contributed by atoms with Crippen LogP contribution in [-0.2, 0) is 14.3 Å². The predicted molar refractivity (Wildman–Crippen MR) is 70.9 cm³/mol. The molecule has 19 heavy (non-hydrogen) atoms. The number of nitrogens with one attached hydrogen (secondary N) is 1. The van der Waals surface area contributed by atoms with Gasteiger partial charge in [-0.15, -0.1) is 0 Å². The molecular weight excluding hydrogens is 248 g/mol. The second-order valence-electron chi connectivity index (χ2n) is 5.01. The first-order valence-corrected chi connectivity index (χ1v) is 6.83. The molecule has 110 valence electrons. The maximum Gasteiger partial charge on any atom is 0.317 e. The van der Waals surface area contributed by atoms with Gasteiger partial charge in [0.1, 0.15) is 0 Å². The van der Waals surface area contributed by atoms with Crippen molar-refractivity contribution in [2.45, 2.75) is 25.7 Å². The highest BCUT2D eigenvalue weighted by Gasteiger charge is 2.19. The van der Waals surface area contributed by atoms with E-state index < -0.39 is 5.97 Å². The largest absolute Gasteiger partial charge is 0.480 e. The molecule has 0 bridgehead atoms. The van der Waals surface area contributed by atoms with Crippen molar-refractivity contribution in [3.8, 4) is 0 Å². The maximum absolute atomic E-state index is 11.0. The quantitative estimate of drug-likeness (QED) is 0.620. The lowest BCUT2D eigenvalue weighted by atomic mass is 9.98. The van der Waals surface area contributed by atoms with Crippen LogP contribution in [0.25, 0.3) is 0 Å². The Morgan fingerprint density at radius 2 is 2.26 bits per heavy atom. The van der Waals surface area contributed by atoms with E-state index in [4.69, 9.17) is 5.11 Å². The highest BCUT2D eigenvalue weighted by Crippen LogP contribution is 2.16. The first kappa shape index (κ1) is 15.9. The highest BCUT2D eigenvalue weighted by molar-refractivity contribution is 5.69. The topological polar surface area (TPSA) is 78.9 Å². The number of carbonyl (C=O) groups is 2. The van der Waals surface area contributed by atoms with Crippen LogP contribution in [0.1, 0.15) is 25.7 Å². The van der Waals surface area contributed by atoms with E-state index in [2.05, 4.69) is 15.0 Å². The Balaban J connectivity index is 2.15. The van der Waals surface area contributed by atoms with Crippen molar-refractivity contribution in [1.29, 1.82) is 0 Å². The molecule has 6 heteroatoms. The van der Waals surface area contributed by atoms with E-state index >= 15 is 0 Å². The number of piperidine rings is 1. The summed E-state index contributed by atoms with van der Waals surface area (Å²) in [7, 11) is 1.41. The van der Waals surface area contributed by atoms with Gasteiger partial charge in [0.2, 0.25) is 0 Å². The zero-order valence-corrected chi connectivity index (χ0v) is 11.6. The van der Waals surface area contributed by atoms with E-state index in [0.717, 1.165) is 45.4 Å². The van der Waals surface area contributed by atoms with Crippen molar-refractivity contribution < 1.29 is 19.4 Å². The summed E-state index contributed by atoms with van der Waals surface area (Å²) in [6.07, 6.45) is 3.56. The number of nitrogens with zero attached hydrogens (tertiary/aromatic N) is 1. The summed E-state index contributed by atoms with van der Waals surface area (Å²) in [5, 5.41) is 11.5. The summed E-state index contributed by atoms with van der Waals surface area (Å²) in [4.78, 5) is 23.8. The maximum atomic E-state index is 11.0. The number of methoxy groups -OCH3 is 1. The molecule has 0 saturated carbocycles. The molecule has 2 N–H and O–H groups in total. The van der Waals surface area contributed by atoms with Gasteiger partial charge >= 0.3 is 11.9 Å². The molecule has 1 saturated heterocycles. The Kier molecular flexibility index (Phi) is 7.43. The third-order valence-corrected chi connectivity index (χ3v) is 3.40. The summed E-state index contributed by atoms with van der Waals surface area (Å²) < 4.78 is 4.61. The molecule has 1 rings (SSSR count). The second kappa shape index (κ2) is 8.87. The van der Waals surface area contributed by atoms with E-state index in [1.165, 1.54) is 7.11 Å². The molecular formula is C13H24N2O4. The lowest BCUT2D eigenvalue weighted by Crippen LogP contribution is -2.41. The minimum Gasteiger partial charge on any atom is -0.480 e. The number of aliphatic carboxylic acids is 1. The van der Waals surface area contributed by atoms with Crippen molar-refractivity contribution in [3.05, 3.63) is 0 Å². The predicted octanol–water partition coefficient (Wildman–Crippen LogP) is 0.326. The van der Waals surface area contributed by atoms with Crippen molar-refractivity contribution in [3.63, 3.8) is 0 Å². The zero-order chi connectivity index (χ0) is 14.1. The van der Waals surface area contributed by atoms with Crippen LogP contribution in [0, 0.1) is 5.92 Å². The van der Waals surface area contributed by atoms with Gasteiger partial charge in [-0.25, -0.2) is 0 Å². The molecule has 0 aromatic rings. The third kappa shape index (κ3) is 7.12. The molecule has 1 unspecified atom stereocenters. The molecule has 0 amide bonds. The summed E-state index contributed by atoms with van der Waals surface area (Å²) >= 11 is 0. The van der Waals surface area contributed by atoms with Crippen LogP contribution in [0.3, 0.4) is 0 Å². The van der Waals surface area contributed by atoms with Gasteiger partial charge in [-0.1, -0.05) is 0 Å². The molecule has 0 radical (unpaired) electrons. The van der Waals surface area contributed by atoms with Crippen LogP contribution in [0.15, 0.2) is 0 Å². The Morgan fingerprint density at radius 3 is 2.95 bits per heavy atom. The van der Waals surface area contributed by atoms with Crippen LogP contribution < -0.4 is 5.32 Å². The fourth-order valence-electron chi connectivity index (χ4n) is 2.45. The molecule has 0 aliphatic carbocycles. The normalized spacial score (nSPS) is 20.2. The zero-order valence-electron chi connectivity index (χ0n) is 11.6. The Hall–Kier alpha value is -1.14. The molecule has 1 atom stereocenters. The number of carbonyl (C=O) groups excluding carboxylic acids is 1. The number of carboxylic acids is 1. The Morgan fingerprint density at radius 1 is 1.47 bits per heavy atom. The van der Waals surface area contributed by atoms with Gasteiger partial charge < -0.3 is 20.1 Å². The molecule has 0 spiro atoms. The standard InChI is InChI=1S/C13H24N2O4/c1-19-13(18)5-3-7-15-6-2-4-11(10-15)8-14-9-12(16)17/h11,14H,2-10H2,1H3,(H,16,17). The first-order chi connectivity index (χ1) is 9.11. The highest BCUT2D eigenvalue weighted by atomic mass is 16.5. The summed E-state index contributed by atoms with van der Waals surface area (Å²) in [5.41, 5.74) is 0. The van der Waals surface area contributed by atoms with Crippen molar-refractivity contribution in [1.82, 2.24) is 10.2 Å². The van der Waals surface area contributed by atoms with Gasteiger partial charge in [0.25, 0.3) is 0 Å². The lowest BCUT2D eigenvalue weighted by molar-refractivity contribution is -0.140. The fraction of sp³-hybridized carbons (Fsp3) is 0.846. The number of likely N-dealkylation sites (tertiary alicyclic amines) is 1. The Labute approximate surface area is 114 Å². The SMILES string of the molecule is COC(=O)CCCN1CCCC(CNCC(=O)O)C1. The van der Waals surface area contributed by atoms with Crippen LogP contribution in [-0.4, -0.2) is 61.8 Å². The second-order valence-corrected chi connectivity index (χ2v) is 5.01. The van der Waals surface area contributed by atoms with Crippen LogP contribution >= 0.6 is 0 Å². The van der Waals surface area contributed by atoms with Gasteiger partial charge in [0, 0.05) is 13.0 Å². The van der Waals surface area contributed by atoms with E-state index in [1.807, 2.05) is 0 Å². The summed E-state index contributed by atoms with van der Waals surface area (Å²) in [6.45, 7) is 3.73. The van der Waals surface area contributed by atoms with Gasteiger partial charge in [-0.3, -0.25) is 9.59 Å². The number of hydrogen-bond donors (Lipinski definition) is 2. The molecule has 1 heterocycles.